The average Bonchev–Trinajstić information content (AvgIpc) is 2.58. The van der Waals surface area contributed by atoms with Gasteiger partial charge in [-0.2, -0.15) is 0 Å². The second-order valence-electron chi connectivity index (χ2n) is 5.58. The molecular formula is C19H19FN2O2. The van der Waals surface area contributed by atoms with Crippen molar-refractivity contribution in [3.63, 3.8) is 0 Å². The third-order valence-electron chi connectivity index (χ3n) is 3.45. The van der Waals surface area contributed by atoms with Crippen molar-refractivity contribution in [1.82, 2.24) is 10.9 Å². The summed E-state index contributed by atoms with van der Waals surface area (Å²) in [6, 6.07) is 13.4. The molecule has 2 rings (SSSR count). The molecule has 2 amide bonds. The monoisotopic (exact) mass is 326 g/mol. The predicted octanol–water partition coefficient (Wildman–Crippen LogP) is 3.42. The van der Waals surface area contributed by atoms with Gasteiger partial charge in [-0.1, -0.05) is 50.2 Å². The number of benzene rings is 2. The lowest BCUT2D eigenvalue weighted by atomic mass is 10.0. The van der Waals surface area contributed by atoms with Gasteiger partial charge in [0.05, 0.1) is 5.56 Å². The number of hydrogen-bond acceptors (Lipinski definition) is 2. The Kier molecular flexibility index (Phi) is 5.84. The van der Waals surface area contributed by atoms with Gasteiger partial charge in [0, 0.05) is 6.08 Å². The maximum Gasteiger partial charge on any atom is 0.272 e. The first-order valence-corrected chi connectivity index (χ1v) is 7.60. The maximum absolute atomic E-state index is 13.4. The highest BCUT2D eigenvalue weighted by molar-refractivity contribution is 5.98. The second-order valence-corrected chi connectivity index (χ2v) is 5.58. The smallest absolute Gasteiger partial charge is 0.268 e. The molecule has 2 N–H and O–H groups in total. The Balaban J connectivity index is 1.89. The standard InChI is InChI=1S/C19H19FN2O2/c1-13(2)15-10-7-14(8-11-15)9-12-18(23)21-22-19(24)16-5-3-4-6-17(16)20/h3-13H,1-2H3,(H,21,23)(H,22,24)/b12-9+. The van der Waals surface area contributed by atoms with Gasteiger partial charge in [-0.3, -0.25) is 20.4 Å². The zero-order valence-electron chi connectivity index (χ0n) is 13.5. The molecule has 5 heteroatoms. The van der Waals surface area contributed by atoms with Crippen LogP contribution in [0.15, 0.2) is 54.6 Å². The Hall–Kier alpha value is -2.95. The summed E-state index contributed by atoms with van der Waals surface area (Å²) in [6.45, 7) is 4.22. The van der Waals surface area contributed by atoms with Gasteiger partial charge >= 0.3 is 0 Å². The molecule has 0 aliphatic heterocycles. The largest absolute Gasteiger partial charge is 0.272 e. The Morgan fingerprint density at radius 1 is 1.00 bits per heavy atom. The van der Waals surface area contributed by atoms with Crippen LogP contribution in [0.2, 0.25) is 0 Å². The fourth-order valence-corrected chi connectivity index (χ4v) is 2.04. The van der Waals surface area contributed by atoms with Crippen molar-refractivity contribution < 1.29 is 14.0 Å². The van der Waals surface area contributed by atoms with E-state index in [0.29, 0.717) is 5.92 Å². The van der Waals surface area contributed by atoms with Gasteiger partial charge in [-0.25, -0.2) is 4.39 Å². The van der Waals surface area contributed by atoms with Crippen molar-refractivity contribution in [2.45, 2.75) is 19.8 Å². The molecule has 24 heavy (non-hydrogen) atoms. The van der Waals surface area contributed by atoms with E-state index in [4.69, 9.17) is 0 Å². The summed E-state index contributed by atoms with van der Waals surface area (Å²) in [5, 5.41) is 0. The van der Waals surface area contributed by atoms with Crippen molar-refractivity contribution in [3.8, 4) is 0 Å². The zero-order valence-corrected chi connectivity index (χ0v) is 13.5. The van der Waals surface area contributed by atoms with Gasteiger partial charge in [0.1, 0.15) is 5.82 Å². The highest BCUT2D eigenvalue weighted by Gasteiger charge is 2.10. The van der Waals surface area contributed by atoms with Crippen molar-refractivity contribution in [2.75, 3.05) is 0 Å². The van der Waals surface area contributed by atoms with Crippen LogP contribution in [0, 0.1) is 5.82 Å². The quantitative estimate of drug-likeness (QED) is 0.668. The van der Waals surface area contributed by atoms with E-state index in [0.717, 1.165) is 5.56 Å². The lowest BCUT2D eigenvalue weighted by Gasteiger charge is -2.06. The van der Waals surface area contributed by atoms with Gasteiger partial charge in [0.15, 0.2) is 0 Å². The third-order valence-corrected chi connectivity index (χ3v) is 3.45. The molecule has 0 atom stereocenters. The van der Waals surface area contributed by atoms with E-state index < -0.39 is 17.6 Å². The fraction of sp³-hybridized carbons (Fsp3) is 0.158. The molecule has 0 aliphatic carbocycles. The molecule has 0 spiro atoms. The zero-order chi connectivity index (χ0) is 17.5. The summed E-state index contributed by atoms with van der Waals surface area (Å²) in [5.74, 6) is -1.42. The number of carbonyl (C=O) groups excluding carboxylic acids is 2. The molecule has 0 saturated heterocycles. The minimum Gasteiger partial charge on any atom is -0.268 e. The minimum absolute atomic E-state index is 0.133. The number of rotatable bonds is 4. The summed E-state index contributed by atoms with van der Waals surface area (Å²) < 4.78 is 13.4. The van der Waals surface area contributed by atoms with Crippen LogP contribution < -0.4 is 10.9 Å². The van der Waals surface area contributed by atoms with Gasteiger partial charge in [0.25, 0.3) is 11.8 Å². The minimum atomic E-state index is -0.712. The number of hydrogen-bond donors (Lipinski definition) is 2. The lowest BCUT2D eigenvalue weighted by Crippen LogP contribution is -2.41. The van der Waals surface area contributed by atoms with Crippen LogP contribution in [-0.2, 0) is 4.79 Å². The molecule has 2 aromatic carbocycles. The van der Waals surface area contributed by atoms with E-state index in [1.807, 2.05) is 24.3 Å². The summed E-state index contributed by atoms with van der Waals surface area (Å²) >= 11 is 0. The highest BCUT2D eigenvalue weighted by atomic mass is 19.1. The van der Waals surface area contributed by atoms with Gasteiger partial charge in [0.2, 0.25) is 0 Å². The molecule has 124 valence electrons. The van der Waals surface area contributed by atoms with Crippen molar-refractivity contribution in [3.05, 3.63) is 77.1 Å². The van der Waals surface area contributed by atoms with E-state index in [1.54, 1.807) is 12.1 Å². The lowest BCUT2D eigenvalue weighted by molar-refractivity contribution is -0.117. The Labute approximate surface area is 140 Å². The molecule has 0 aliphatic rings. The van der Waals surface area contributed by atoms with Crippen molar-refractivity contribution >= 4 is 17.9 Å². The third kappa shape index (κ3) is 4.78. The summed E-state index contributed by atoms with van der Waals surface area (Å²) in [4.78, 5) is 23.5. The summed E-state index contributed by atoms with van der Waals surface area (Å²) in [6.07, 6.45) is 2.93. The molecule has 0 radical (unpaired) electrons. The molecule has 0 bridgehead atoms. The van der Waals surface area contributed by atoms with Crippen LogP contribution in [0.5, 0.6) is 0 Å². The van der Waals surface area contributed by atoms with Crippen LogP contribution >= 0.6 is 0 Å². The van der Waals surface area contributed by atoms with E-state index in [2.05, 4.69) is 24.7 Å². The van der Waals surface area contributed by atoms with Crippen LogP contribution in [0.4, 0.5) is 4.39 Å². The Morgan fingerprint density at radius 3 is 2.29 bits per heavy atom. The van der Waals surface area contributed by atoms with Crippen LogP contribution in [-0.4, -0.2) is 11.8 Å². The average molecular weight is 326 g/mol. The predicted molar refractivity (Wildman–Crippen MR) is 91.6 cm³/mol. The Bertz CT molecular complexity index is 752. The first kappa shape index (κ1) is 17.4. The van der Waals surface area contributed by atoms with Gasteiger partial charge in [-0.05, 0) is 35.3 Å². The highest BCUT2D eigenvalue weighted by Crippen LogP contribution is 2.15. The van der Waals surface area contributed by atoms with Crippen LogP contribution in [0.3, 0.4) is 0 Å². The normalized spacial score (nSPS) is 10.8. The molecule has 0 fully saturated rings. The molecule has 0 saturated carbocycles. The summed E-state index contributed by atoms with van der Waals surface area (Å²) in [5.41, 5.74) is 6.34. The SMILES string of the molecule is CC(C)c1ccc(/C=C/C(=O)NNC(=O)c2ccccc2F)cc1. The maximum atomic E-state index is 13.4. The first-order valence-electron chi connectivity index (χ1n) is 7.60. The Morgan fingerprint density at radius 2 is 1.67 bits per heavy atom. The second kappa shape index (κ2) is 8.06. The molecule has 2 aromatic rings. The molecule has 0 heterocycles. The number of hydrazine groups is 1. The molecular weight excluding hydrogens is 307 g/mol. The fourth-order valence-electron chi connectivity index (χ4n) is 2.04. The van der Waals surface area contributed by atoms with E-state index in [1.165, 1.54) is 29.8 Å². The van der Waals surface area contributed by atoms with E-state index >= 15 is 0 Å². The van der Waals surface area contributed by atoms with E-state index in [-0.39, 0.29) is 5.56 Å². The molecule has 0 aromatic heterocycles. The number of halogens is 1. The van der Waals surface area contributed by atoms with Gasteiger partial charge in [-0.15, -0.1) is 0 Å². The van der Waals surface area contributed by atoms with Crippen molar-refractivity contribution in [2.24, 2.45) is 0 Å². The van der Waals surface area contributed by atoms with Crippen LogP contribution in [0.1, 0.15) is 41.3 Å². The summed E-state index contributed by atoms with van der Waals surface area (Å²) in [7, 11) is 0. The number of carbonyl (C=O) groups is 2. The van der Waals surface area contributed by atoms with Crippen LogP contribution in [0.25, 0.3) is 6.08 Å². The first-order chi connectivity index (χ1) is 11.5. The van der Waals surface area contributed by atoms with Gasteiger partial charge < -0.3 is 0 Å². The number of nitrogens with one attached hydrogen (secondary N) is 2. The number of amides is 2. The molecule has 4 nitrogen and oxygen atoms in total. The topological polar surface area (TPSA) is 58.2 Å². The molecule has 0 unspecified atom stereocenters. The van der Waals surface area contributed by atoms with Crippen molar-refractivity contribution in [1.29, 1.82) is 0 Å². The van der Waals surface area contributed by atoms with E-state index in [9.17, 15) is 14.0 Å².